The summed E-state index contributed by atoms with van der Waals surface area (Å²) in [5, 5.41) is 11.0. The van der Waals surface area contributed by atoms with Crippen LogP contribution in [0, 0.1) is 0 Å². The fourth-order valence-electron chi connectivity index (χ4n) is 1.10. The van der Waals surface area contributed by atoms with Gasteiger partial charge >= 0.3 is 0 Å². The Morgan fingerprint density at radius 1 is 1.12 bits per heavy atom. The fourth-order valence-corrected chi connectivity index (χ4v) is 1.42. The van der Waals surface area contributed by atoms with E-state index < -0.39 is 4.93 Å². The van der Waals surface area contributed by atoms with Gasteiger partial charge in [0.2, 0.25) is 0 Å². The summed E-state index contributed by atoms with van der Waals surface area (Å²) in [6.45, 7) is 0. The molecule has 0 heterocycles. The van der Waals surface area contributed by atoms with Crippen molar-refractivity contribution in [2.75, 3.05) is 0 Å². The van der Waals surface area contributed by atoms with Crippen molar-refractivity contribution >= 4 is 12.6 Å². The number of rotatable bonds is 0. The molecule has 1 radical (unpaired) electrons. The van der Waals surface area contributed by atoms with E-state index in [1.54, 1.807) is 0 Å². The Labute approximate surface area is 55.5 Å². The summed E-state index contributed by atoms with van der Waals surface area (Å²) < 4.78 is 0. The summed E-state index contributed by atoms with van der Waals surface area (Å²) in [5.41, 5.74) is 0. The van der Waals surface area contributed by atoms with Gasteiger partial charge in [-0.15, -0.1) is 12.6 Å². The van der Waals surface area contributed by atoms with Crippen molar-refractivity contribution in [1.82, 2.24) is 0 Å². The Kier molecular flexibility index (Phi) is 1.83. The van der Waals surface area contributed by atoms with Gasteiger partial charge in [-0.25, -0.2) is 5.11 Å². The smallest absolute Gasteiger partial charge is 0.146 e. The molecule has 0 unspecified atom stereocenters. The Balaban J connectivity index is 2.33. The average Bonchev–Trinajstić information content (AvgIpc) is 1.65. The average molecular weight is 131 g/mol. The number of hydrogen-bond acceptors (Lipinski definition) is 1. The third-order valence-corrected chi connectivity index (χ3v) is 2.08. The minimum atomic E-state index is -0.877. The van der Waals surface area contributed by atoms with E-state index in [2.05, 4.69) is 12.6 Å². The molecule has 1 saturated carbocycles. The predicted molar refractivity (Wildman–Crippen MR) is 35.5 cm³/mol. The lowest BCUT2D eigenvalue weighted by molar-refractivity contribution is 0.0255. The third-order valence-electron chi connectivity index (χ3n) is 1.63. The van der Waals surface area contributed by atoms with Crippen molar-refractivity contribution in [3.8, 4) is 0 Å². The van der Waals surface area contributed by atoms with Crippen molar-refractivity contribution in [2.45, 2.75) is 37.0 Å². The summed E-state index contributed by atoms with van der Waals surface area (Å²) in [6, 6.07) is 0. The highest BCUT2D eigenvalue weighted by molar-refractivity contribution is 7.81. The number of hydrogen-bond donors (Lipinski definition) is 1. The maximum absolute atomic E-state index is 11.0. The van der Waals surface area contributed by atoms with Crippen LogP contribution in [-0.4, -0.2) is 4.93 Å². The van der Waals surface area contributed by atoms with E-state index in [0.29, 0.717) is 0 Å². The van der Waals surface area contributed by atoms with Crippen LogP contribution >= 0.6 is 12.6 Å². The zero-order valence-electron chi connectivity index (χ0n) is 4.89. The molecule has 1 aliphatic rings. The second kappa shape index (κ2) is 2.28. The first-order chi connectivity index (χ1) is 3.71. The number of thiol groups is 1. The monoisotopic (exact) mass is 131 g/mol. The minimum Gasteiger partial charge on any atom is -0.218 e. The van der Waals surface area contributed by atoms with Gasteiger partial charge in [0.05, 0.1) is 0 Å². The Hall–Kier alpha value is 0.310. The summed E-state index contributed by atoms with van der Waals surface area (Å²) in [4.78, 5) is -0.877. The third kappa shape index (κ3) is 1.67. The molecule has 0 atom stereocenters. The van der Waals surface area contributed by atoms with Crippen LogP contribution in [0.15, 0.2) is 0 Å². The lowest BCUT2D eigenvalue weighted by Gasteiger charge is -2.23. The lowest BCUT2D eigenvalue weighted by atomic mass is 9.97. The van der Waals surface area contributed by atoms with E-state index >= 15 is 0 Å². The van der Waals surface area contributed by atoms with Crippen molar-refractivity contribution in [1.29, 1.82) is 0 Å². The molecule has 8 heavy (non-hydrogen) atoms. The second-order valence-corrected chi connectivity index (χ2v) is 3.32. The summed E-state index contributed by atoms with van der Waals surface area (Å²) in [6.07, 6.45) is 4.90. The first kappa shape index (κ1) is 6.43. The highest BCUT2D eigenvalue weighted by atomic mass is 32.1. The molecule has 2 heteroatoms. The Morgan fingerprint density at radius 3 is 1.88 bits per heavy atom. The maximum atomic E-state index is 11.0. The molecular formula is C6H11OS. The highest BCUT2D eigenvalue weighted by Gasteiger charge is 2.25. The molecule has 0 amide bonds. The largest absolute Gasteiger partial charge is 0.218 e. The normalized spacial score (nSPS) is 27.8. The van der Waals surface area contributed by atoms with Gasteiger partial charge in [-0.3, -0.25) is 0 Å². The molecule has 1 rings (SSSR count). The molecule has 0 bridgehead atoms. The minimum absolute atomic E-state index is 0.760. The quantitative estimate of drug-likeness (QED) is 0.383. The van der Waals surface area contributed by atoms with Gasteiger partial charge in [0.15, 0.2) is 0 Å². The molecule has 0 aromatic rings. The maximum Gasteiger partial charge on any atom is 0.146 e. The molecule has 0 spiro atoms. The van der Waals surface area contributed by atoms with Gasteiger partial charge in [0, 0.05) is 0 Å². The van der Waals surface area contributed by atoms with E-state index in [1.165, 1.54) is 6.42 Å². The first-order valence-electron chi connectivity index (χ1n) is 3.13. The van der Waals surface area contributed by atoms with Crippen LogP contribution in [-0.2, 0) is 5.11 Å². The van der Waals surface area contributed by atoms with Crippen molar-refractivity contribution in [3.05, 3.63) is 0 Å². The highest BCUT2D eigenvalue weighted by Crippen LogP contribution is 2.31. The van der Waals surface area contributed by atoms with Gasteiger partial charge in [-0.05, 0) is 25.7 Å². The van der Waals surface area contributed by atoms with E-state index in [1.807, 2.05) is 0 Å². The van der Waals surface area contributed by atoms with Gasteiger partial charge in [-0.2, -0.15) is 0 Å². The van der Waals surface area contributed by atoms with Crippen LogP contribution in [0.2, 0.25) is 0 Å². The van der Waals surface area contributed by atoms with Crippen LogP contribution < -0.4 is 0 Å². The van der Waals surface area contributed by atoms with Crippen molar-refractivity contribution < 1.29 is 5.11 Å². The van der Waals surface area contributed by atoms with E-state index in [-0.39, 0.29) is 0 Å². The second-order valence-electron chi connectivity index (χ2n) is 2.51. The summed E-state index contributed by atoms with van der Waals surface area (Å²) >= 11 is 3.96. The van der Waals surface area contributed by atoms with E-state index in [0.717, 1.165) is 25.7 Å². The van der Waals surface area contributed by atoms with Crippen LogP contribution in [0.1, 0.15) is 32.1 Å². The van der Waals surface area contributed by atoms with Crippen molar-refractivity contribution in [2.24, 2.45) is 0 Å². The fraction of sp³-hybridized carbons (Fsp3) is 1.00. The van der Waals surface area contributed by atoms with Crippen molar-refractivity contribution in [3.63, 3.8) is 0 Å². The van der Waals surface area contributed by atoms with Gasteiger partial charge in [0.25, 0.3) is 0 Å². The van der Waals surface area contributed by atoms with Gasteiger partial charge in [0.1, 0.15) is 4.93 Å². The zero-order valence-corrected chi connectivity index (χ0v) is 5.79. The molecule has 0 aliphatic heterocycles. The molecule has 47 valence electrons. The van der Waals surface area contributed by atoms with Crippen LogP contribution in [0.4, 0.5) is 0 Å². The molecular weight excluding hydrogens is 120 g/mol. The van der Waals surface area contributed by atoms with Crippen LogP contribution in [0.3, 0.4) is 0 Å². The SMILES string of the molecule is [O]C1(S)CCCCC1. The van der Waals surface area contributed by atoms with Crippen LogP contribution in [0.5, 0.6) is 0 Å². The molecule has 1 nitrogen and oxygen atoms in total. The molecule has 0 N–H and O–H groups in total. The van der Waals surface area contributed by atoms with Gasteiger partial charge < -0.3 is 0 Å². The Bertz CT molecular complexity index is 72.6. The lowest BCUT2D eigenvalue weighted by Crippen LogP contribution is -2.21. The standard InChI is InChI=1S/C6H11OS/c7-6(8)4-2-1-3-5-6/h8H,1-5H2. The zero-order chi connectivity index (χ0) is 6.04. The van der Waals surface area contributed by atoms with E-state index in [9.17, 15) is 5.11 Å². The summed E-state index contributed by atoms with van der Waals surface area (Å²) in [7, 11) is 0. The van der Waals surface area contributed by atoms with Crippen LogP contribution in [0.25, 0.3) is 0 Å². The molecule has 0 aromatic heterocycles. The predicted octanol–water partition coefficient (Wildman–Crippen LogP) is 2.01. The van der Waals surface area contributed by atoms with E-state index in [4.69, 9.17) is 0 Å². The molecule has 0 aromatic carbocycles. The molecule has 1 fully saturated rings. The Morgan fingerprint density at radius 2 is 1.62 bits per heavy atom. The first-order valence-corrected chi connectivity index (χ1v) is 3.58. The van der Waals surface area contributed by atoms with Gasteiger partial charge in [-0.1, -0.05) is 6.42 Å². The topological polar surface area (TPSA) is 19.9 Å². The summed E-state index contributed by atoms with van der Waals surface area (Å²) in [5.74, 6) is 0. The molecule has 0 saturated heterocycles. The molecule has 1 aliphatic carbocycles.